The second-order valence-corrected chi connectivity index (χ2v) is 5.40. The lowest BCUT2D eigenvalue weighted by Crippen LogP contribution is -2.14. The summed E-state index contributed by atoms with van der Waals surface area (Å²) < 4.78 is 31.3. The van der Waals surface area contributed by atoms with Crippen molar-refractivity contribution in [3.63, 3.8) is 0 Å². The summed E-state index contributed by atoms with van der Waals surface area (Å²) in [5.74, 6) is -1.61. The quantitative estimate of drug-likeness (QED) is 0.916. The monoisotopic (exact) mass is 280 g/mol. The molecular formula is C14H14F2N2O2. The van der Waals surface area contributed by atoms with Crippen LogP contribution < -0.4 is 5.32 Å². The molecule has 2 rings (SSSR count). The fourth-order valence-electron chi connectivity index (χ4n) is 1.54. The second kappa shape index (κ2) is 5.03. The summed E-state index contributed by atoms with van der Waals surface area (Å²) in [5.41, 5.74) is -0.511. The van der Waals surface area contributed by atoms with Crippen molar-refractivity contribution in [2.45, 2.75) is 26.2 Å². The van der Waals surface area contributed by atoms with E-state index in [0.717, 1.165) is 12.1 Å². The van der Waals surface area contributed by atoms with E-state index in [1.54, 1.807) is 6.07 Å². The zero-order valence-corrected chi connectivity index (χ0v) is 11.3. The van der Waals surface area contributed by atoms with Crippen molar-refractivity contribution in [1.29, 1.82) is 0 Å². The van der Waals surface area contributed by atoms with Crippen molar-refractivity contribution < 1.29 is 18.1 Å². The first kappa shape index (κ1) is 14.2. The predicted molar refractivity (Wildman–Crippen MR) is 69.5 cm³/mol. The van der Waals surface area contributed by atoms with Crippen LogP contribution in [0.4, 0.5) is 14.6 Å². The molecule has 0 spiro atoms. The highest BCUT2D eigenvalue weighted by molar-refractivity contribution is 6.03. The van der Waals surface area contributed by atoms with Gasteiger partial charge in [-0.3, -0.25) is 4.79 Å². The minimum absolute atomic E-state index is 0.184. The van der Waals surface area contributed by atoms with Crippen LogP contribution in [0.15, 0.2) is 28.8 Å². The van der Waals surface area contributed by atoms with Gasteiger partial charge in [0.25, 0.3) is 5.91 Å². The second-order valence-electron chi connectivity index (χ2n) is 5.40. The van der Waals surface area contributed by atoms with Gasteiger partial charge in [0.15, 0.2) is 5.82 Å². The van der Waals surface area contributed by atoms with Gasteiger partial charge in [0.05, 0.1) is 5.56 Å². The molecule has 0 radical (unpaired) electrons. The number of hydrogen-bond acceptors (Lipinski definition) is 3. The average molecular weight is 280 g/mol. The number of carbonyl (C=O) groups excluding carboxylic acids is 1. The number of benzene rings is 1. The molecule has 1 heterocycles. The Balaban J connectivity index is 2.17. The molecule has 106 valence electrons. The number of carbonyl (C=O) groups is 1. The molecule has 4 nitrogen and oxygen atoms in total. The Labute approximate surface area is 114 Å². The molecule has 0 saturated carbocycles. The van der Waals surface area contributed by atoms with E-state index >= 15 is 0 Å². The van der Waals surface area contributed by atoms with Crippen molar-refractivity contribution in [2.75, 3.05) is 5.32 Å². The van der Waals surface area contributed by atoms with Crippen LogP contribution in [0, 0.1) is 11.6 Å². The van der Waals surface area contributed by atoms with Crippen LogP contribution in [0.2, 0.25) is 0 Å². The van der Waals surface area contributed by atoms with E-state index in [1.165, 1.54) is 0 Å². The summed E-state index contributed by atoms with van der Waals surface area (Å²) in [6, 6.07) is 4.31. The summed E-state index contributed by atoms with van der Waals surface area (Å²) in [7, 11) is 0. The number of halogens is 2. The normalized spacial score (nSPS) is 11.4. The molecule has 20 heavy (non-hydrogen) atoms. The van der Waals surface area contributed by atoms with Gasteiger partial charge in [-0.15, -0.1) is 0 Å². The van der Waals surface area contributed by atoms with Crippen molar-refractivity contribution in [1.82, 2.24) is 5.16 Å². The molecule has 0 aliphatic rings. The SMILES string of the molecule is CC(C)(C)c1cc(NC(=O)c2ccc(F)cc2F)no1. The molecule has 1 aromatic heterocycles. The Morgan fingerprint density at radius 2 is 1.95 bits per heavy atom. The van der Waals surface area contributed by atoms with Gasteiger partial charge >= 0.3 is 0 Å². The van der Waals surface area contributed by atoms with Crippen LogP contribution in [-0.4, -0.2) is 11.1 Å². The molecule has 1 aromatic carbocycles. The fraction of sp³-hybridized carbons (Fsp3) is 0.286. The largest absolute Gasteiger partial charge is 0.359 e. The molecule has 0 atom stereocenters. The number of rotatable bonds is 2. The highest BCUT2D eigenvalue weighted by Gasteiger charge is 2.21. The van der Waals surface area contributed by atoms with E-state index < -0.39 is 17.5 Å². The van der Waals surface area contributed by atoms with Crippen molar-refractivity contribution in [3.8, 4) is 0 Å². The number of amides is 1. The Morgan fingerprint density at radius 3 is 2.50 bits per heavy atom. The molecule has 0 saturated heterocycles. The molecule has 6 heteroatoms. The number of hydrogen-bond donors (Lipinski definition) is 1. The van der Waals surface area contributed by atoms with Gasteiger partial charge < -0.3 is 9.84 Å². The summed E-state index contributed by atoms with van der Waals surface area (Å²) in [6.45, 7) is 5.79. The minimum Gasteiger partial charge on any atom is -0.359 e. The number of nitrogens with zero attached hydrogens (tertiary/aromatic N) is 1. The lowest BCUT2D eigenvalue weighted by molar-refractivity contribution is 0.102. The first-order valence-corrected chi connectivity index (χ1v) is 6.01. The van der Waals surface area contributed by atoms with E-state index in [1.807, 2.05) is 20.8 Å². The van der Waals surface area contributed by atoms with Gasteiger partial charge in [0.1, 0.15) is 17.4 Å². The number of nitrogens with one attached hydrogen (secondary N) is 1. The van der Waals surface area contributed by atoms with Gasteiger partial charge in [-0.25, -0.2) is 8.78 Å². The van der Waals surface area contributed by atoms with E-state index in [-0.39, 0.29) is 16.8 Å². The summed E-state index contributed by atoms with van der Waals surface area (Å²) in [5, 5.41) is 6.10. The summed E-state index contributed by atoms with van der Waals surface area (Å²) in [6.07, 6.45) is 0. The Bertz CT molecular complexity index is 645. The number of anilines is 1. The summed E-state index contributed by atoms with van der Waals surface area (Å²) >= 11 is 0. The van der Waals surface area contributed by atoms with E-state index in [0.29, 0.717) is 11.8 Å². The zero-order chi connectivity index (χ0) is 14.9. The minimum atomic E-state index is -0.929. The maximum absolute atomic E-state index is 13.5. The summed E-state index contributed by atoms with van der Waals surface area (Å²) in [4.78, 5) is 11.8. The highest BCUT2D eigenvalue weighted by atomic mass is 19.1. The van der Waals surface area contributed by atoms with E-state index in [4.69, 9.17) is 4.52 Å². The van der Waals surface area contributed by atoms with E-state index in [2.05, 4.69) is 10.5 Å². The third kappa shape index (κ3) is 3.01. The van der Waals surface area contributed by atoms with Gasteiger partial charge in [-0.05, 0) is 12.1 Å². The van der Waals surface area contributed by atoms with Crippen molar-refractivity contribution >= 4 is 11.7 Å². The molecule has 0 aliphatic carbocycles. The molecule has 0 bridgehead atoms. The lowest BCUT2D eigenvalue weighted by Gasteiger charge is -2.12. The molecule has 0 aliphatic heterocycles. The van der Waals surface area contributed by atoms with Gasteiger partial charge in [0, 0.05) is 17.5 Å². The Kier molecular flexibility index (Phi) is 3.57. The van der Waals surface area contributed by atoms with Crippen LogP contribution in [0.25, 0.3) is 0 Å². The van der Waals surface area contributed by atoms with Crippen LogP contribution in [0.5, 0.6) is 0 Å². The van der Waals surface area contributed by atoms with Gasteiger partial charge in [-0.2, -0.15) is 0 Å². The standard InChI is InChI=1S/C14H14F2N2O2/c1-14(2,3)11-7-12(18-20-11)17-13(19)9-5-4-8(15)6-10(9)16/h4-7H,1-3H3,(H,17,18,19). The molecule has 1 amide bonds. The maximum atomic E-state index is 13.5. The Morgan fingerprint density at radius 1 is 1.25 bits per heavy atom. The maximum Gasteiger partial charge on any atom is 0.259 e. The van der Waals surface area contributed by atoms with Crippen LogP contribution in [0.3, 0.4) is 0 Å². The average Bonchev–Trinajstić information content (AvgIpc) is 2.76. The Hall–Kier alpha value is -2.24. The van der Waals surface area contributed by atoms with Crippen LogP contribution in [0.1, 0.15) is 36.9 Å². The van der Waals surface area contributed by atoms with Crippen LogP contribution in [-0.2, 0) is 5.41 Å². The van der Waals surface area contributed by atoms with Crippen molar-refractivity contribution in [3.05, 3.63) is 47.2 Å². The smallest absolute Gasteiger partial charge is 0.259 e. The van der Waals surface area contributed by atoms with Crippen molar-refractivity contribution in [2.24, 2.45) is 0 Å². The van der Waals surface area contributed by atoms with Gasteiger partial charge in [0.2, 0.25) is 0 Å². The third-order valence-corrected chi connectivity index (χ3v) is 2.67. The molecule has 1 N–H and O–H groups in total. The molecule has 0 unspecified atom stereocenters. The molecular weight excluding hydrogens is 266 g/mol. The van der Waals surface area contributed by atoms with E-state index in [9.17, 15) is 13.6 Å². The van der Waals surface area contributed by atoms with Gasteiger partial charge in [-0.1, -0.05) is 25.9 Å². The third-order valence-electron chi connectivity index (χ3n) is 2.67. The topological polar surface area (TPSA) is 55.1 Å². The number of aromatic nitrogens is 1. The molecule has 0 fully saturated rings. The molecule has 2 aromatic rings. The first-order valence-electron chi connectivity index (χ1n) is 6.01. The predicted octanol–water partition coefficient (Wildman–Crippen LogP) is 3.50. The van der Waals surface area contributed by atoms with Crippen LogP contribution >= 0.6 is 0 Å². The highest BCUT2D eigenvalue weighted by Crippen LogP contribution is 2.24. The zero-order valence-electron chi connectivity index (χ0n) is 11.3. The first-order chi connectivity index (χ1) is 9.27. The lowest BCUT2D eigenvalue weighted by atomic mass is 9.93. The fourth-order valence-corrected chi connectivity index (χ4v) is 1.54.